The lowest BCUT2D eigenvalue weighted by Crippen LogP contribution is -2.09. The molecule has 3 heteroatoms. The van der Waals surface area contributed by atoms with Crippen molar-refractivity contribution in [3.05, 3.63) is 64.4 Å². The van der Waals surface area contributed by atoms with E-state index in [0.29, 0.717) is 5.92 Å². The van der Waals surface area contributed by atoms with Crippen LogP contribution in [0.3, 0.4) is 0 Å². The molecule has 0 aliphatic heterocycles. The monoisotopic (exact) mass is 414 g/mol. The molecule has 1 heterocycles. The number of halogens is 1. The van der Waals surface area contributed by atoms with Crippen LogP contribution in [0.15, 0.2) is 47.6 Å². The summed E-state index contributed by atoms with van der Waals surface area (Å²) < 4.78 is 3.12. The molecule has 2 rings (SSSR count). The molecule has 0 saturated heterocycles. The summed E-state index contributed by atoms with van der Waals surface area (Å²) in [4.78, 5) is 0. The first kappa shape index (κ1) is 20.7. The SMILES string of the molecule is C=C(/C=C(/CC(CCC)CCC)n1ncc(Br)c1C)c1ccccc1C. The Morgan fingerprint density at radius 2 is 1.85 bits per heavy atom. The predicted molar refractivity (Wildman–Crippen MR) is 117 cm³/mol. The smallest absolute Gasteiger partial charge is 0.0639 e. The Kier molecular flexibility index (Phi) is 7.89. The number of benzene rings is 1. The van der Waals surface area contributed by atoms with Gasteiger partial charge >= 0.3 is 0 Å². The second-order valence-electron chi connectivity index (χ2n) is 7.11. The molecule has 0 aliphatic rings. The highest BCUT2D eigenvalue weighted by Gasteiger charge is 2.15. The number of aryl methyl sites for hydroxylation is 1. The minimum absolute atomic E-state index is 0.684. The third-order valence-corrected chi connectivity index (χ3v) is 5.72. The highest BCUT2D eigenvalue weighted by atomic mass is 79.9. The molecule has 0 bridgehead atoms. The van der Waals surface area contributed by atoms with Crippen molar-refractivity contribution in [1.82, 2.24) is 9.78 Å². The van der Waals surface area contributed by atoms with Crippen LogP contribution in [-0.2, 0) is 0 Å². The molecular formula is C23H31BrN2. The lowest BCUT2D eigenvalue weighted by atomic mass is 9.92. The normalized spacial score (nSPS) is 12.0. The molecule has 0 atom stereocenters. The number of hydrogen-bond acceptors (Lipinski definition) is 1. The van der Waals surface area contributed by atoms with Crippen LogP contribution < -0.4 is 0 Å². The topological polar surface area (TPSA) is 17.8 Å². The molecule has 0 saturated carbocycles. The molecule has 1 aromatic carbocycles. The number of nitrogens with zero attached hydrogens (tertiary/aromatic N) is 2. The summed E-state index contributed by atoms with van der Waals surface area (Å²) in [5.74, 6) is 0.684. The van der Waals surface area contributed by atoms with Gasteiger partial charge in [-0.25, -0.2) is 4.68 Å². The fourth-order valence-corrected chi connectivity index (χ4v) is 3.82. The van der Waals surface area contributed by atoms with Gasteiger partial charge in [0.2, 0.25) is 0 Å². The Bertz CT molecular complexity index is 764. The fraction of sp³-hybridized carbons (Fsp3) is 0.435. The van der Waals surface area contributed by atoms with Crippen LogP contribution in [-0.4, -0.2) is 9.78 Å². The van der Waals surface area contributed by atoms with Gasteiger partial charge in [0.15, 0.2) is 0 Å². The van der Waals surface area contributed by atoms with E-state index in [2.05, 4.69) is 90.3 Å². The van der Waals surface area contributed by atoms with Crippen LogP contribution >= 0.6 is 15.9 Å². The molecule has 0 fully saturated rings. The Hall–Kier alpha value is -1.61. The lowest BCUT2D eigenvalue weighted by Gasteiger charge is -2.19. The first-order valence-electron chi connectivity index (χ1n) is 9.63. The van der Waals surface area contributed by atoms with Crippen molar-refractivity contribution in [2.75, 3.05) is 0 Å². The predicted octanol–water partition coefficient (Wildman–Crippen LogP) is 7.42. The van der Waals surface area contributed by atoms with Gasteiger partial charge in [-0.1, -0.05) is 70.4 Å². The summed E-state index contributed by atoms with van der Waals surface area (Å²) in [5.41, 5.74) is 5.88. The molecule has 0 radical (unpaired) electrons. The van der Waals surface area contributed by atoms with Crippen molar-refractivity contribution in [2.45, 2.75) is 59.8 Å². The highest BCUT2D eigenvalue weighted by molar-refractivity contribution is 9.10. The van der Waals surface area contributed by atoms with Gasteiger partial charge in [0.25, 0.3) is 0 Å². The van der Waals surface area contributed by atoms with E-state index in [-0.39, 0.29) is 0 Å². The highest BCUT2D eigenvalue weighted by Crippen LogP contribution is 2.30. The first-order chi connectivity index (χ1) is 12.5. The lowest BCUT2D eigenvalue weighted by molar-refractivity contribution is 0.443. The van der Waals surface area contributed by atoms with Gasteiger partial charge in [-0.15, -0.1) is 0 Å². The Balaban J connectivity index is 2.41. The Morgan fingerprint density at radius 1 is 1.19 bits per heavy atom. The van der Waals surface area contributed by atoms with Gasteiger partial charge in [-0.05, 0) is 64.9 Å². The molecule has 0 N–H and O–H groups in total. The van der Waals surface area contributed by atoms with Crippen molar-refractivity contribution in [2.24, 2.45) is 5.92 Å². The van der Waals surface area contributed by atoms with E-state index in [0.717, 1.165) is 22.2 Å². The van der Waals surface area contributed by atoms with E-state index in [4.69, 9.17) is 0 Å². The molecule has 0 amide bonds. The summed E-state index contributed by atoms with van der Waals surface area (Å²) in [6.45, 7) is 13.1. The third-order valence-electron chi connectivity index (χ3n) is 4.95. The van der Waals surface area contributed by atoms with Crippen molar-refractivity contribution >= 4 is 27.2 Å². The summed E-state index contributed by atoms with van der Waals surface area (Å²) in [5, 5.41) is 4.62. The van der Waals surface area contributed by atoms with E-state index in [1.54, 1.807) is 0 Å². The van der Waals surface area contributed by atoms with Gasteiger partial charge in [-0.3, -0.25) is 0 Å². The number of rotatable bonds is 9. The largest absolute Gasteiger partial charge is 0.241 e. The zero-order chi connectivity index (χ0) is 19.1. The maximum absolute atomic E-state index is 4.62. The van der Waals surface area contributed by atoms with Crippen LogP contribution in [0.1, 0.15) is 62.8 Å². The van der Waals surface area contributed by atoms with E-state index < -0.39 is 0 Å². The molecule has 0 aliphatic carbocycles. The zero-order valence-corrected chi connectivity index (χ0v) is 18.1. The van der Waals surface area contributed by atoms with Gasteiger partial charge in [0.1, 0.15) is 0 Å². The van der Waals surface area contributed by atoms with Crippen LogP contribution in [0.25, 0.3) is 11.3 Å². The first-order valence-corrected chi connectivity index (χ1v) is 10.4. The maximum atomic E-state index is 4.62. The van der Waals surface area contributed by atoms with Crippen LogP contribution in [0.2, 0.25) is 0 Å². The number of hydrogen-bond donors (Lipinski definition) is 0. The summed E-state index contributed by atoms with van der Waals surface area (Å²) in [6.07, 6.45) is 10.1. The van der Waals surface area contributed by atoms with E-state index in [9.17, 15) is 0 Å². The third kappa shape index (κ3) is 5.20. The van der Waals surface area contributed by atoms with E-state index >= 15 is 0 Å². The number of aromatic nitrogens is 2. The maximum Gasteiger partial charge on any atom is 0.0639 e. The minimum atomic E-state index is 0.684. The average molecular weight is 415 g/mol. The van der Waals surface area contributed by atoms with Gasteiger partial charge in [0, 0.05) is 5.70 Å². The molecule has 2 nitrogen and oxygen atoms in total. The van der Waals surface area contributed by atoms with Crippen LogP contribution in [0.5, 0.6) is 0 Å². The van der Waals surface area contributed by atoms with Crippen molar-refractivity contribution in [1.29, 1.82) is 0 Å². The van der Waals surface area contributed by atoms with Crippen molar-refractivity contribution < 1.29 is 0 Å². The molecule has 1 aromatic heterocycles. The van der Waals surface area contributed by atoms with Gasteiger partial charge < -0.3 is 0 Å². The molecule has 140 valence electrons. The Morgan fingerprint density at radius 3 is 2.38 bits per heavy atom. The zero-order valence-electron chi connectivity index (χ0n) is 16.6. The van der Waals surface area contributed by atoms with Gasteiger partial charge in [0.05, 0.1) is 16.4 Å². The minimum Gasteiger partial charge on any atom is -0.241 e. The second-order valence-corrected chi connectivity index (χ2v) is 7.97. The van der Waals surface area contributed by atoms with Crippen molar-refractivity contribution in [3.63, 3.8) is 0 Å². The van der Waals surface area contributed by atoms with Crippen LogP contribution in [0.4, 0.5) is 0 Å². The Labute approximate surface area is 167 Å². The van der Waals surface area contributed by atoms with Gasteiger partial charge in [-0.2, -0.15) is 5.10 Å². The molecule has 0 spiro atoms. The average Bonchev–Trinajstić information content (AvgIpc) is 2.94. The summed E-state index contributed by atoms with van der Waals surface area (Å²) in [7, 11) is 0. The van der Waals surface area contributed by atoms with Crippen molar-refractivity contribution in [3.8, 4) is 0 Å². The second kappa shape index (κ2) is 9.91. The fourth-order valence-electron chi connectivity index (χ4n) is 3.56. The van der Waals surface area contributed by atoms with Crippen LogP contribution in [0, 0.1) is 19.8 Å². The summed E-state index contributed by atoms with van der Waals surface area (Å²) >= 11 is 3.60. The molecule has 2 aromatic rings. The van der Waals surface area contributed by atoms with E-state index in [1.807, 2.05) is 6.20 Å². The number of allylic oxidation sites excluding steroid dienone is 3. The molecule has 26 heavy (non-hydrogen) atoms. The molecular weight excluding hydrogens is 384 g/mol. The summed E-state index contributed by atoms with van der Waals surface area (Å²) in [6, 6.07) is 8.44. The standard InChI is InChI=1S/C23H31BrN2/c1-6-10-20(11-7-2)15-21(26-19(5)23(24)16-25-26)14-18(4)22-13-9-8-12-17(22)3/h8-9,12-14,16,20H,4,6-7,10-11,15H2,1-3,5H3/b21-14-. The van der Waals surface area contributed by atoms with E-state index in [1.165, 1.54) is 42.5 Å². The quantitative estimate of drug-likeness (QED) is 0.390. The molecule has 0 unspecified atom stereocenters.